The molecule has 0 spiro atoms. The van der Waals surface area contributed by atoms with Crippen molar-refractivity contribution in [3.63, 3.8) is 0 Å². The van der Waals surface area contributed by atoms with Crippen LogP contribution in [0.5, 0.6) is 5.75 Å². The van der Waals surface area contributed by atoms with Gasteiger partial charge in [0.1, 0.15) is 5.75 Å². The zero-order valence-electron chi connectivity index (χ0n) is 17.3. The van der Waals surface area contributed by atoms with Crippen molar-refractivity contribution >= 4 is 17.8 Å². The number of benzene rings is 1. The molecule has 1 aliphatic carbocycles. The highest BCUT2D eigenvalue weighted by Gasteiger charge is 2.46. The van der Waals surface area contributed by atoms with Crippen molar-refractivity contribution in [1.82, 2.24) is 0 Å². The monoisotopic (exact) mass is 420 g/mol. The lowest BCUT2D eigenvalue weighted by molar-refractivity contribution is -0.0398. The Labute approximate surface area is 178 Å². The Balaban J connectivity index is 1.45. The molecular formula is C23H33ClN2O3. The van der Waals surface area contributed by atoms with E-state index in [9.17, 15) is 5.11 Å². The molecule has 1 saturated heterocycles. The van der Waals surface area contributed by atoms with Gasteiger partial charge in [0.2, 0.25) is 0 Å². The summed E-state index contributed by atoms with van der Waals surface area (Å²) in [5, 5.41) is 10.6. The minimum Gasteiger partial charge on any atom is -0.489 e. The first-order valence-corrected chi connectivity index (χ1v) is 11.4. The van der Waals surface area contributed by atoms with Gasteiger partial charge in [-0.05, 0) is 74.0 Å². The minimum atomic E-state index is -0.824. The smallest absolute Gasteiger partial charge is 0.171 e. The van der Waals surface area contributed by atoms with Crippen LogP contribution in [0.2, 0.25) is 5.02 Å². The molecule has 0 radical (unpaired) electrons. The number of aliphatic hydroxyl groups excluding tert-OH is 1. The molecule has 2 fully saturated rings. The van der Waals surface area contributed by atoms with Crippen LogP contribution in [0.4, 0.5) is 0 Å². The summed E-state index contributed by atoms with van der Waals surface area (Å²) in [5.41, 5.74) is 8.71. The van der Waals surface area contributed by atoms with Gasteiger partial charge in [-0.3, -0.25) is 4.99 Å². The van der Waals surface area contributed by atoms with Gasteiger partial charge in [0.05, 0.1) is 11.1 Å². The molecule has 2 aliphatic heterocycles. The molecule has 4 rings (SSSR count). The maximum Gasteiger partial charge on any atom is 0.171 e. The zero-order chi connectivity index (χ0) is 20.4. The summed E-state index contributed by atoms with van der Waals surface area (Å²) in [6.07, 6.45) is 9.26. The number of aliphatic hydroxyl groups is 1. The van der Waals surface area contributed by atoms with E-state index in [2.05, 4.69) is 11.9 Å². The van der Waals surface area contributed by atoms with Crippen molar-refractivity contribution in [3.05, 3.63) is 28.3 Å². The molecule has 1 saturated carbocycles. The number of ether oxygens (including phenoxy) is 2. The first-order valence-electron chi connectivity index (χ1n) is 11.1. The van der Waals surface area contributed by atoms with E-state index in [-0.39, 0.29) is 17.6 Å². The molecular weight excluding hydrogens is 388 g/mol. The molecule has 0 amide bonds. The number of nitrogens with two attached hydrogens (primary N) is 1. The van der Waals surface area contributed by atoms with Gasteiger partial charge in [0, 0.05) is 37.5 Å². The number of aliphatic imine (C=N–C) groups is 1. The minimum absolute atomic E-state index is 0.157. The summed E-state index contributed by atoms with van der Waals surface area (Å²) < 4.78 is 12.0. The maximum absolute atomic E-state index is 10.0. The van der Waals surface area contributed by atoms with Gasteiger partial charge in [-0.15, -0.1) is 0 Å². The molecule has 5 nitrogen and oxygen atoms in total. The van der Waals surface area contributed by atoms with Gasteiger partial charge in [0.15, 0.2) is 6.23 Å². The van der Waals surface area contributed by atoms with Gasteiger partial charge in [-0.2, -0.15) is 0 Å². The SMILES string of the molecule is CCC(N)C1(C2CCOCC2)CCC(Oc2cc3c(cc2Cl)C(O)N=CC3)CC1. The Morgan fingerprint density at radius 2 is 2.00 bits per heavy atom. The van der Waals surface area contributed by atoms with Crippen LogP contribution in [0.3, 0.4) is 0 Å². The van der Waals surface area contributed by atoms with Gasteiger partial charge < -0.3 is 20.3 Å². The molecule has 3 aliphatic rings. The van der Waals surface area contributed by atoms with Gasteiger partial charge in [0.25, 0.3) is 0 Å². The number of hydrogen-bond donors (Lipinski definition) is 2. The third-order valence-electron chi connectivity index (χ3n) is 7.40. The van der Waals surface area contributed by atoms with Crippen LogP contribution >= 0.6 is 11.6 Å². The van der Waals surface area contributed by atoms with Crippen molar-refractivity contribution in [3.8, 4) is 5.75 Å². The number of rotatable bonds is 5. The topological polar surface area (TPSA) is 77.1 Å². The van der Waals surface area contributed by atoms with E-state index in [1.807, 2.05) is 6.07 Å². The lowest BCUT2D eigenvalue weighted by Gasteiger charge is -2.50. The van der Waals surface area contributed by atoms with Crippen LogP contribution in [-0.2, 0) is 11.2 Å². The van der Waals surface area contributed by atoms with Crippen LogP contribution < -0.4 is 10.5 Å². The first kappa shape index (κ1) is 21.1. The predicted octanol–water partition coefficient (Wildman–Crippen LogP) is 4.43. The van der Waals surface area contributed by atoms with Crippen LogP contribution in [-0.4, -0.2) is 36.7 Å². The number of halogens is 1. The maximum atomic E-state index is 10.0. The molecule has 29 heavy (non-hydrogen) atoms. The summed E-state index contributed by atoms with van der Waals surface area (Å²) in [6.45, 7) is 3.93. The standard InChI is InChI=1S/C23H33ClN2O3/c1-2-21(25)23(16-6-11-28-12-7-16)8-3-17(4-9-23)29-20-13-15-5-10-26-22(27)18(15)14-19(20)24/h10,13-14,16-17,21-22,27H,2-9,11-12,25H2,1H3. The van der Waals surface area contributed by atoms with Crippen LogP contribution in [0, 0.1) is 11.3 Å². The fourth-order valence-corrected chi connectivity index (χ4v) is 5.85. The van der Waals surface area contributed by atoms with E-state index in [1.165, 1.54) is 0 Å². The molecule has 0 aromatic heterocycles. The van der Waals surface area contributed by atoms with Gasteiger partial charge in [-0.25, -0.2) is 0 Å². The summed E-state index contributed by atoms with van der Waals surface area (Å²) in [5.74, 6) is 1.37. The van der Waals surface area contributed by atoms with E-state index in [1.54, 1.807) is 12.3 Å². The molecule has 3 N–H and O–H groups in total. The number of hydrogen-bond acceptors (Lipinski definition) is 5. The van der Waals surface area contributed by atoms with E-state index in [4.69, 9.17) is 26.8 Å². The predicted molar refractivity (Wildman–Crippen MR) is 116 cm³/mol. The van der Waals surface area contributed by atoms with Crippen LogP contribution in [0.1, 0.15) is 69.2 Å². The lowest BCUT2D eigenvalue weighted by atomic mass is 9.59. The Bertz CT molecular complexity index is 740. The molecule has 160 valence electrons. The molecule has 1 aromatic rings. The summed E-state index contributed by atoms with van der Waals surface area (Å²) in [7, 11) is 0. The van der Waals surface area contributed by atoms with Crippen molar-refractivity contribution in [2.75, 3.05) is 13.2 Å². The second kappa shape index (κ2) is 8.93. The van der Waals surface area contributed by atoms with Crippen LogP contribution in [0.15, 0.2) is 17.1 Å². The highest BCUT2D eigenvalue weighted by Crippen LogP contribution is 2.50. The second-order valence-corrected chi connectivity index (χ2v) is 9.25. The first-order chi connectivity index (χ1) is 14.0. The number of fused-ring (bicyclic) bond motifs is 1. The van der Waals surface area contributed by atoms with Crippen molar-refractivity contribution < 1.29 is 14.6 Å². The Hall–Kier alpha value is -1.14. The Morgan fingerprint density at radius 3 is 2.69 bits per heavy atom. The van der Waals surface area contributed by atoms with E-state index in [0.29, 0.717) is 17.4 Å². The van der Waals surface area contributed by atoms with Crippen molar-refractivity contribution in [2.24, 2.45) is 22.1 Å². The third kappa shape index (κ3) is 4.20. The normalized spacial score (nSPS) is 31.3. The molecule has 1 aromatic carbocycles. The molecule has 0 bridgehead atoms. The van der Waals surface area contributed by atoms with Crippen molar-refractivity contribution in [1.29, 1.82) is 0 Å². The number of nitrogens with zero attached hydrogens (tertiary/aromatic N) is 1. The Morgan fingerprint density at radius 1 is 1.28 bits per heavy atom. The lowest BCUT2D eigenvalue weighted by Crippen LogP contribution is -2.51. The van der Waals surface area contributed by atoms with Gasteiger partial charge in [-0.1, -0.05) is 18.5 Å². The largest absolute Gasteiger partial charge is 0.489 e. The zero-order valence-corrected chi connectivity index (χ0v) is 18.0. The fraction of sp³-hybridized carbons (Fsp3) is 0.696. The van der Waals surface area contributed by atoms with Crippen molar-refractivity contribution in [2.45, 2.75) is 76.7 Å². The highest BCUT2D eigenvalue weighted by molar-refractivity contribution is 6.32. The van der Waals surface area contributed by atoms with Crippen LogP contribution in [0.25, 0.3) is 0 Å². The average Bonchev–Trinajstić information content (AvgIpc) is 2.76. The quantitative estimate of drug-likeness (QED) is 0.738. The second-order valence-electron chi connectivity index (χ2n) is 8.84. The van der Waals surface area contributed by atoms with Gasteiger partial charge >= 0.3 is 0 Å². The Kier molecular flexibility index (Phi) is 6.50. The van der Waals surface area contributed by atoms with E-state index < -0.39 is 6.23 Å². The molecule has 2 unspecified atom stereocenters. The summed E-state index contributed by atoms with van der Waals surface area (Å²) in [6, 6.07) is 4.01. The molecule has 2 heterocycles. The summed E-state index contributed by atoms with van der Waals surface area (Å²) in [4.78, 5) is 4.05. The summed E-state index contributed by atoms with van der Waals surface area (Å²) >= 11 is 6.47. The average molecular weight is 421 g/mol. The third-order valence-corrected chi connectivity index (χ3v) is 7.69. The fourth-order valence-electron chi connectivity index (χ4n) is 5.64. The van der Waals surface area contributed by atoms with E-state index in [0.717, 1.165) is 75.0 Å². The van der Waals surface area contributed by atoms with E-state index >= 15 is 0 Å². The highest BCUT2D eigenvalue weighted by atomic mass is 35.5. The molecule has 2 atom stereocenters. The molecule has 6 heteroatoms.